The molecule has 0 radical (unpaired) electrons. The van der Waals surface area contributed by atoms with Crippen LogP contribution in [0.2, 0.25) is 5.02 Å². The number of hydrogen-bond acceptors (Lipinski definition) is 3. The van der Waals surface area contributed by atoms with Gasteiger partial charge in [-0.05, 0) is 42.3 Å². The van der Waals surface area contributed by atoms with E-state index >= 15 is 0 Å². The maximum atomic E-state index is 14.1. The van der Waals surface area contributed by atoms with Gasteiger partial charge in [0.15, 0.2) is 5.05 Å². The largest absolute Gasteiger partial charge is 0.486 e. The summed E-state index contributed by atoms with van der Waals surface area (Å²) >= 11 is 11.3. The van der Waals surface area contributed by atoms with Crippen LogP contribution in [0.4, 0.5) is 10.1 Å². The summed E-state index contributed by atoms with van der Waals surface area (Å²) < 4.78 is 19.5. The standard InChI is InChI=1S/C18H25ClFNO2S/c1-5-6-12(4)18(22)21-16-7-13(14(19)9-15(16)20)8-17(24)23-10-11(2)3/h7,9,11-12H,5-6,8,10H2,1-4H3,(H,21,22). The molecule has 0 saturated heterocycles. The van der Waals surface area contributed by atoms with Crippen LogP contribution >= 0.6 is 23.8 Å². The SMILES string of the molecule is CCCC(C)C(=O)Nc1cc(CC(=S)OCC(C)C)c(Cl)cc1F. The number of rotatable bonds is 8. The van der Waals surface area contributed by atoms with Gasteiger partial charge < -0.3 is 10.1 Å². The molecule has 134 valence electrons. The number of anilines is 1. The normalized spacial score (nSPS) is 12.1. The number of benzene rings is 1. The van der Waals surface area contributed by atoms with Crippen LogP contribution in [0.3, 0.4) is 0 Å². The molecule has 0 aromatic heterocycles. The van der Waals surface area contributed by atoms with Crippen molar-refractivity contribution in [3.63, 3.8) is 0 Å². The number of carbonyl (C=O) groups excluding carboxylic acids is 1. The summed E-state index contributed by atoms with van der Waals surface area (Å²) in [6.07, 6.45) is 1.94. The summed E-state index contributed by atoms with van der Waals surface area (Å²) in [6, 6.07) is 2.72. The van der Waals surface area contributed by atoms with Gasteiger partial charge in [0.1, 0.15) is 5.82 Å². The molecular weight excluding hydrogens is 349 g/mol. The Morgan fingerprint density at radius 1 is 1.38 bits per heavy atom. The highest BCUT2D eigenvalue weighted by atomic mass is 35.5. The lowest BCUT2D eigenvalue weighted by molar-refractivity contribution is -0.119. The van der Waals surface area contributed by atoms with Crippen molar-refractivity contribution < 1.29 is 13.9 Å². The molecule has 0 heterocycles. The second-order valence-corrected chi connectivity index (χ2v) is 7.22. The van der Waals surface area contributed by atoms with Gasteiger partial charge in [0, 0.05) is 17.4 Å². The van der Waals surface area contributed by atoms with Crippen LogP contribution < -0.4 is 5.32 Å². The van der Waals surface area contributed by atoms with Crippen LogP contribution in [-0.4, -0.2) is 17.6 Å². The van der Waals surface area contributed by atoms with E-state index in [2.05, 4.69) is 5.32 Å². The van der Waals surface area contributed by atoms with Crippen molar-refractivity contribution >= 4 is 40.5 Å². The molecule has 1 unspecified atom stereocenters. The quantitative estimate of drug-likeness (QED) is 0.620. The molecule has 0 saturated carbocycles. The first-order chi connectivity index (χ1) is 11.2. The molecule has 0 aliphatic rings. The summed E-state index contributed by atoms with van der Waals surface area (Å²) in [4.78, 5) is 12.1. The zero-order valence-corrected chi connectivity index (χ0v) is 16.2. The lowest BCUT2D eigenvalue weighted by atomic mass is 10.0. The molecule has 0 spiro atoms. The minimum atomic E-state index is -0.560. The van der Waals surface area contributed by atoms with Crippen LogP contribution in [0, 0.1) is 17.7 Å². The molecule has 1 rings (SSSR count). The summed E-state index contributed by atoms with van der Waals surface area (Å²) in [6.45, 7) is 8.40. The first-order valence-electron chi connectivity index (χ1n) is 8.19. The zero-order chi connectivity index (χ0) is 18.3. The maximum Gasteiger partial charge on any atom is 0.227 e. The van der Waals surface area contributed by atoms with E-state index in [1.165, 1.54) is 12.1 Å². The number of ether oxygens (including phenoxy) is 1. The highest BCUT2D eigenvalue weighted by Crippen LogP contribution is 2.26. The Labute approximate surface area is 153 Å². The number of thiocarbonyl (C=S) groups is 1. The topological polar surface area (TPSA) is 38.3 Å². The predicted molar refractivity (Wildman–Crippen MR) is 101 cm³/mol. The van der Waals surface area contributed by atoms with Crippen LogP contribution in [0.15, 0.2) is 12.1 Å². The average molecular weight is 374 g/mol. The molecule has 0 aliphatic carbocycles. The average Bonchev–Trinajstić information content (AvgIpc) is 2.50. The fourth-order valence-corrected chi connectivity index (χ4v) is 2.55. The maximum absolute atomic E-state index is 14.1. The molecule has 1 amide bonds. The van der Waals surface area contributed by atoms with Crippen molar-refractivity contribution in [1.29, 1.82) is 0 Å². The molecule has 1 aromatic carbocycles. The van der Waals surface area contributed by atoms with Gasteiger partial charge in [0.25, 0.3) is 0 Å². The van der Waals surface area contributed by atoms with Crippen molar-refractivity contribution in [2.75, 3.05) is 11.9 Å². The van der Waals surface area contributed by atoms with E-state index in [0.29, 0.717) is 29.6 Å². The number of carbonyl (C=O) groups is 1. The molecule has 3 nitrogen and oxygen atoms in total. The lowest BCUT2D eigenvalue weighted by Gasteiger charge is -2.15. The Morgan fingerprint density at radius 3 is 2.62 bits per heavy atom. The van der Waals surface area contributed by atoms with E-state index in [0.717, 1.165) is 12.8 Å². The van der Waals surface area contributed by atoms with Crippen molar-refractivity contribution in [3.8, 4) is 0 Å². The van der Waals surface area contributed by atoms with Crippen molar-refractivity contribution in [2.45, 2.75) is 47.0 Å². The fraction of sp³-hybridized carbons (Fsp3) is 0.556. The number of amides is 1. The molecule has 0 aliphatic heterocycles. The molecule has 1 aromatic rings. The van der Waals surface area contributed by atoms with Gasteiger partial charge in [-0.2, -0.15) is 0 Å². The van der Waals surface area contributed by atoms with Gasteiger partial charge in [0.2, 0.25) is 5.91 Å². The smallest absolute Gasteiger partial charge is 0.227 e. The van der Waals surface area contributed by atoms with E-state index in [1.807, 2.05) is 27.7 Å². The summed E-state index contributed by atoms with van der Waals surface area (Å²) in [5.41, 5.74) is 0.749. The third kappa shape index (κ3) is 6.73. The Balaban J connectivity index is 2.85. The highest BCUT2D eigenvalue weighted by molar-refractivity contribution is 7.80. The molecule has 1 atom stereocenters. The van der Waals surface area contributed by atoms with Gasteiger partial charge in [-0.3, -0.25) is 4.79 Å². The molecule has 6 heteroatoms. The van der Waals surface area contributed by atoms with Crippen LogP contribution in [0.5, 0.6) is 0 Å². The summed E-state index contributed by atoms with van der Waals surface area (Å²) in [5.74, 6) is -0.581. The second kappa shape index (κ2) is 9.94. The van der Waals surface area contributed by atoms with Crippen molar-refractivity contribution in [2.24, 2.45) is 11.8 Å². The molecule has 0 bridgehead atoms. The van der Waals surface area contributed by atoms with Crippen LogP contribution in [0.1, 0.15) is 46.1 Å². The van der Waals surface area contributed by atoms with Gasteiger partial charge in [-0.1, -0.05) is 45.7 Å². The van der Waals surface area contributed by atoms with Crippen LogP contribution in [-0.2, 0) is 16.0 Å². The van der Waals surface area contributed by atoms with Gasteiger partial charge in [-0.15, -0.1) is 0 Å². The summed E-state index contributed by atoms with van der Waals surface area (Å²) in [5, 5.41) is 3.29. The van der Waals surface area contributed by atoms with Gasteiger partial charge in [-0.25, -0.2) is 4.39 Å². The van der Waals surface area contributed by atoms with E-state index < -0.39 is 5.82 Å². The minimum absolute atomic E-state index is 0.119. The monoisotopic (exact) mass is 373 g/mol. The summed E-state index contributed by atoms with van der Waals surface area (Å²) in [7, 11) is 0. The first-order valence-corrected chi connectivity index (χ1v) is 8.97. The Hall–Kier alpha value is -1.20. The lowest BCUT2D eigenvalue weighted by Crippen LogP contribution is -2.21. The van der Waals surface area contributed by atoms with E-state index in [1.54, 1.807) is 0 Å². The van der Waals surface area contributed by atoms with E-state index in [-0.39, 0.29) is 22.5 Å². The third-order valence-electron chi connectivity index (χ3n) is 3.48. The number of nitrogens with one attached hydrogen (secondary N) is 1. The molecule has 1 N–H and O–H groups in total. The molecule has 0 fully saturated rings. The molecular formula is C18H25ClFNO2S. The zero-order valence-electron chi connectivity index (χ0n) is 14.6. The first kappa shape index (κ1) is 20.8. The van der Waals surface area contributed by atoms with Gasteiger partial charge >= 0.3 is 0 Å². The minimum Gasteiger partial charge on any atom is -0.486 e. The van der Waals surface area contributed by atoms with Crippen LogP contribution in [0.25, 0.3) is 0 Å². The Bertz CT molecular complexity index is 593. The Morgan fingerprint density at radius 2 is 2.04 bits per heavy atom. The number of hydrogen-bond donors (Lipinski definition) is 1. The second-order valence-electron chi connectivity index (χ2n) is 6.36. The Kier molecular flexibility index (Phi) is 8.63. The third-order valence-corrected chi connectivity index (χ3v) is 4.09. The highest BCUT2D eigenvalue weighted by Gasteiger charge is 2.16. The van der Waals surface area contributed by atoms with Crippen molar-refractivity contribution in [3.05, 3.63) is 28.5 Å². The van der Waals surface area contributed by atoms with E-state index in [9.17, 15) is 9.18 Å². The number of halogens is 2. The predicted octanol–water partition coefficient (Wildman–Crippen LogP) is 5.40. The fourth-order valence-electron chi connectivity index (χ4n) is 2.11. The van der Waals surface area contributed by atoms with E-state index in [4.69, 9.17) is 28.6 Å². The van der Waals surface area contributed by atoms with Gasteiger partial charge in [0.05, 0.1) is 12.3 Å². The van der Waals surface area contributed by atoms with Crippen molar-refractivity contribution in [1.82, 2.24) is 0 Å². The molecule has 24 heavy (non-hydrogen) atoms.